The molecule has 26 heteroatoms. The zero-order valence-corrected chi connectivity index (χ0v) is 44.5. The van der Waals surface area contributed by atoms with Gasteiger partial charge < -0.3 is 64.4 Å². The van der Waals surface area contributed by atoms with Crippen LogP contribution in [0.15, 0.2) is 35.3 Å². The van der Waals surface area contributed by atoms with Gasteiger partial charge in [-0.05, 0) is 59.1 Å². The zero-order chi connectivity index (χ0) is 54.0. The number of Topliss-reactive ketones (excluding diaryl/α,β-unsaturated/α-hetero) is 1. The Kier molecular flexibility index (Phi) is 28.2. The average molecular weight is 1070 g/mol. The first kappa shape index (κ1) is 62.5. The lowest BCUT2D eigenvalue weighted by Crippen LogP contribution is -2.59. The lowest BCUT2D eigenvalue weighted by atomic mass is 10.0. The number of aliphatic carboxylic acids is 1. The third-order valence-corrected chi connectivity index (χ3v) is 13.9. The third-order valence-electron chi connectivity index (χ3n) is 10.5. The number of nitrogens with one attached hydrogen (secondary N) is 9. The number of thioether (sulfide) groups is 1. The van der Waals surface area contributed by atoms with Gasteiger partial charge in [0.05, 0.1) is 24.8 Å². The Bertz CT molecular complexity index is 2040. The van der Waals surface area contributed by atoms with Gasteiger partial charge >= 0.3 is 5.97 Å². The van der Waals surface area contributed by atoms with Crippen molar-refractivity contribution in [2.45, 2.75) is 135 Å². The fourth-order valence-electron chi connectivity index (χ4n) is 6.59. The van der Waals surface area contributed by atoms with Gasteiger partial charge in [0.25, 0.3) is 0 Å². The summed E-state index contributed by atoms with van der Waals surface area (Å²) in [5.74, 6) is -10.1. The molecule has 0 radical (unpaired) electrons. The van der Waals surface area contributed by atoms with E-state index in [1.165, 1.54) is 19.8 Å². The van der Waals surface area contributed by atoms with Crippen LogP contribution >= 0.6 is 33.3 Å². The van der Waals surface area contributed by atoms with Gasteiger partial charge in [-0.15, -0.1) is 11.8 Å². The minimum Gasteiger partial charge on any atom is -0.481 e. The normalized spacial score (nSPS) is 23.8. The minimum atomic E-state index is -1.74. The molecule has 0 unspecified atom stereocenters. The van der Waals surface area contributed by atoms with Crippen LogP contribution in [-0.4, -0.2) is 161 Å². The van der Waals surface area contributed by atoms with E-state index in [1.807, 2.05) is 0 Å². The number of hydrogen-bond donors (Lipinski definition) is 12. The fourth-order valence-corrected chi connectivity index (χ4v) is 9.79. The lowest BCUT2D eigenvalue weighted by Gasteiger charge is -2.27. The number of carboxylic acids is 1. The molecule has 0 aromatic heterocycles. The van der Waals surface area contributed by atoms with Crippen LogP contribution in [0.5, 0.6) is 0 Å². The van der Waals surface area contributed by atoms with Crippen LogP contribution in [-0.2, 0) is 54.4 Å². The van der Waals surface area contributed by atoms with Gasteiger partial charge in [0.15, 0.2) is 11.7 Å². The van der Waals surface area contributed by atoms with Gasteiger partial charge in [-0.25, -0.2) is 0 Å². The van der Waals surface area contributed by atoms with Crippen LogP contribution in [0.4, 0.5) is 0 Å². The van der Waals surface area contributed by atoms with E-state index >= 15 is 0 Å². The highest BCUT2D eigenvalue weighted by molar-refractivity contribution is 8.76. The van der Waals surface area contributed by atoms with E-state index < -0.39 is 114 Å². The molecule has 0 aliphatic carbocycles. The molecule has 2 fully saturated rings. The Balaban J connectivity index is 0.00000179. The first-order valence-electron chi connectivity index (χ1n) is 23.7. The lowest BCUT2D eigenvalue weighted by molar-refractivity contribution is -0.141. The quantitative estimate of drug-likeness (QED) is 0.0479. The third kappa shape index (κ3) is 25.2. The second-order valence-corrected chi connectivity index (χ2v) is 21.9. The Labute approximate surface area is 433 Å². The summed E-state index contributed by atoms with van der Waals surface area (Å²) >= 11 is 1.01. The van der Waals surface area contributed by atoms with Crippen LogP contribution in [0.25, 0.3) is 0 Å². The Morgan fingerprint density at radius 2 is 1.35 bits per heavy atom. The predicted molar refractivity (Wildman–Crippen MR) is 279 cm³/mol. The number of carbonyl (C=O) groups is 10. The number of unbranched alkanes of at least 4 members (excludes halogenated alkanes) is 1. The van der Waals surface area contributed by atoms with Crippen LogP contribution in [0, 0.1) is 5.92 Å². The molecule has 3 rings (SSSR count). The summed E-state index contributed by atoms with van der Waals surface area (Å²) < 4.78 is 0. The van der Waals surface area contributed by atoms with Crippen molar-refractivity contribution >= 4 is 98.3 Å². The standard InChI is InChI=1S/C38H55N11O11S3.C8H19N/c1-19(2)31(54)25-15-61-18-29(51)43-20(3)32(55)48-26-16-62-63-17-27(37(60)46-23(34(57)47-25)12-21-8-5-4-6-9-21)49-35(58)24(13-30(52)53)44-28(50)14-42-33(56)22(45-36(26)59)10-7-11-41-38(39)40;1-5-6-7-9-8(2,3)4/h4-6,8-9,19-20,22-27H,7,10-18H2,1-3H3,(H,42,56)(H,43,51)(H,44,50)(H,45,59)(H,46,60)(H,47,57)(H,48,55)(H,49,58)(H,52,53)(H4,39,40,41);9H,5-7H2,1-4H3/t20-,22-,23-,24-,25-,26-,27-;/m0./s1. The van der Waals surface area contributed by atoms with E-state index in [4.69, 9.17) is 11.5 Å². The van der Waals surface area contributed by atoms with E-state index in [0.29, 0.717) is 11.1 Å². The van der Waals surface area contributed by atoms with Gasteiger partial charge in [0.2, 0.25) is 47.3 Å². The summed E-state index contributed by atoms with van der Waals surface area (Å²) in [5.41, 5.74) is 11.7. The summed E-state index contributed by atoms with van der Waals surface area (Å²) in [5, 5.41) is 33.2. The van der Waals surface area contributed by atoms with Crippen molar-refractivity contribution in [1.29, 1.82) is 0 Å². The van der Waals surface area contributed by atoms with Crippen molar-refractivity contribution in [2.75, 3.05) is 42.6 Å². The second-order valence-electron chi connectivity index (χ2n) is 18.3. The molecular weight excluding hydrogens is 993 g/mol. The fraction of sp³-hybridized carbons (Fsp3) is 0.630. The molecule has 1 aromatic rings. The average Bonchev–Trinajstić information content (AvgIpc) is 3.30. The molecule has 2 aliphatic heterocycles. The van der Waals surface area contributed by atoms with E-state index in [1.54, 1.807) is 44.2 Å². The molecular formula is C46H74N12O11S3. The van der Waals surface area contributed by atoms with Gasteiger partial charge in [0, 0.05) is 41.7 Å². The number of nitrogens with zero attached hydrogens (tertiary/aromatic N) is 1. The molecule has 2 saturated heterocycles. The Morgan fingerprint density at radius 3 is 1.92 bits per heavy atom. The van der Waals surface area contributed by atoms with E-state index in [9.17, 15) is 53.1 Å². The zero-order valence-electron chi connectivity index (χ0n) is 42.1. The molecule has 0 saturated carbocycles. The second kappa shape index (κ2) is 32.5. The molecule has 23 nitrogen and oxygen atoms in total. The number of hydrogen-bond acceptors (Lipinski definition) is 15. The SMILES string of the molecule is CC(C)C(=O)[C@@H]1CSCC(=O)N[C@@H](C)C(=O)N[C@H]2CSSC[C@H](NC(=O)[C@H](CC(=O)O)NC(=O)CNC(=O)[C@H](CCCN=C(N)N)NC2=O)C(=O)N[C@@H](Cc2ccccc2)C(=O)N1.CCCCNC(C)(C)C. The summed E-state index contributed by atoms with van der Waals surface area (Å²) in [6.07, 6.45) is 1.71. The number of guanidine groups is 1. The highest BCUT2D eigenvalue weighted by atomic mass is 33.1. The number of rotatable bonds is 13. The number of amides is 8. The van der Waals surface area contributed by atoms with Crippen LogP contribution in [0.3, 0.4) is 0 Å². The van der Waals surface area contributed by atoms with E-state index in [2.05, 4.69) is 80.5 Å². The van der Waals surface area contributed by atoms with Crippen molar-refractivity contribution in [3.63, 3.8) is 0 Å². The van der Waals surface area contributed by atoms with Crippen molar-refractivity contribution in [3.8, 4) is 0 Å². The number of carboxylic acid groups (broad SMARTS) is 1. The van der Waals surface area contributed by atoms with Gasteiger partial charge in [0.1, 0.15) is 36.3 Å². The van der Waals surface area contributed by atoms with Crippen LogP contribution in [0.1, 0.15) is 86.1 Å². The van der Waals surface area contributed by atoms with Crippen molar-refractivity contribution < 1.29 is 53.1 Å². The molecule has 8 amide bonds. The van der Waals surface area contributed by atoms with Crippen LogP contribution in [0.2, 0.25) is 0 Å². The molecule has 2 bridgehead atoms. The number of carbonyl (C=O) groups excluding carboxylic acids is 9. The minimum absolute atomic E-state index is 0.0452. The van der Waals surface area contributed by atoms with Crippen molar-refractivity contribution in [3.05, 3.63) is 35.9 Å². The molecule has 1 aromatic carbocycles. The highest BCUT2D eigenvalue weighted by Crippen LogP contribution is 2.24. The molecule has 402 valence electrons. The highest BCUT2D eigenvalue weighted by Gasteiger charge is 2.35. The largest absolute Gasteiger partial charge is 0.481 e. The molecule has 2 heterocycles. The first-order chi connectivity index (χ1) is 33.9. The number of nitrogens with two attached hydrogens (primary N) is 2. The van der Waals surface area contributed by atoms with Gasteiger partial charge in [-0.2, -0.15) is 0 Å². The summed E-state index contributed by atoms with van der Waals surface area (Å²) in [6, 6.07) is -0.885. The maximum absolute atomic E-state index is 14.2. The van der Waals surface area contributed by atoms with Crippen molar-refractivity contribution in [1.82, 2.24) is 47.9 Å². The van der Waals surface area contributed by atoms with Crippen LogP contribution < -0.4 is 59.3 Å². The summed E-state index contributed by atoms with van der Waals surface area (Å²) in [6.45, 7) is 13.9. The predicted octanol–water partition coefficient (Wildman–Crippen LogP) is -1.17. The first-order valence-corrected chi connectivity index (χ1v) is 27.3. The topological polar surface area (TPSA) is 364 Å². The number of benzene rings is 1. The Hall–Kier alpha value is -5.60. The molecule has 14 N–H and O–H groups in total. The molecule has 7 atom stereocenters. The number of aliphatic imine (C=N–C) groups is 1. The van der Waals surface area contributed by atoms with E-state index in [0.717, 1.165) is 39.9 Å². The maximum Gasteiger partial charge on any atom is 0.305 e. The van der Waals surface area contributed by atoms with E-state index in [-0.39, 0.29) is 60.6 Å². The van der Waals surface area contributed by atoms with Gasteiger partial charge in [-0.1, -0.05) is 79.1 Å². The van der Waals surface area contributed by atoms with Gasteiger partial charge in [-0.3, -0.25) is 52.9 Å². The smallest absolute Gasteiger partial charge is 0.305 e. The molecule has 0 spiro atoms. The molecule has 72 heavy (non-hydrogen) atoms. The molecule has 2 aliphatic rings. The number of fused-ring (bicyclic) bond motifs is 5. The Morgan fingerprint density at radius 1 is 0.750 bits per heavy atom. The maximum atomic E-state index is 14.2. The van der Waals surface area contributed by atoms with Crippen molar-refractivity contribution in [2.24, 2.45) is 22.4 Å². The number of ketones is 1. The monoisotopic (exact) mass is 1070 g/mol. The summed E-state index contributed by atoms with van der Waals surface area (Å²) in [7, 11) is 1.94. The summed E-state index contributed by atoms with van der Waals surface area (Å²) in [4.78, 5) is 138.